The summed E-state index contributed by atoms with van der Waals surface area (Å²) in [4.78, 5) is 11.6. The van der Waals surface area contributed by atoms with Crippen LogP contribution in [0.15, 0.2) is 30.3 Å². The van der Waals surface area contributed by atoms with Crippen molar-refractivity contribution in [3.05, 3.63) is 35.9 Å². The van der Waals surface area contributed by atoms with Gasteiger partial charge in [-0.15, -0.1) is 0 Å². The fourth-order valence-electron chi connectivity index (χ4n) is 1.64. The zero-order valence-electron chi connectivity index (χ0n) is 11.6. The molecule has 0 aliphatic carbocycles. The summed E-state index contributed by atoms with van der Waals surface area (Å²) in [6, 6.07) is 9.72. The lowest BCUT2D eigenvalue weighted by molar-refractivity contribution is -0.120. The van der Waals surface area contributed by atoms with E-state index < -0.39 is 0 Å². The molecule has 0 saturated heterocycles. The largest absolute Gasteiger partial charge is 0.354 e. The minimum atomic E-state index is -0.127. The summed E-state index contributed by atoms with van der Waals surface area (Å²) in [5, 5.41) is 2.89. The summed E-state index contributed by atoms with van der Waals surface area (Å²) in [6.45, 7) is 2.68. The maximum atomic E-state index is 11.6. The van der Waals surface area contributed by atoms with Crippen molar-refractivity contribution in [2.45, 2.75) is 32.2 Å². The SMILES string of the molecule is CCCCSCCC(=O)NCC(N)c1ccccc1. The highest BCUT2D eigenvalue weighted by atomic mass is 32.2. The van der Waals surface area contributed by atoms with Gasteiger partial charge < -0.3 is 11.1 Å². The van der Waals surface area contributed by atoms with Crippen LogP contribution in [0.5, 0.6) is 0 Å². The van der Waals surface area contributed by atoms with Gasteiger partial charge in [-0.25, -0.2) is 0 Å². The fourth-order valence-corrected chi connectivity index (χ4v) is 2.67. The van der Waals surface area contributed by atoms with Gasteiger partial charge in [0.2, 0.25) is 5.91 Å². The predicted octanol–water partition coefficient (Wildman–Crippen LogP) is 2.73. The number of rotatable bonds is 9. The molecular formula is C15H24N2OS. The third-order valence-electron chi connectivity index (χ3n) is 2.86. The lowest BCUT2D eigenvalue weighted by Crippen LogP contribution is -2.32. The smallest absolute Gasteiger partial charge is 0.220 e. The number of thioether (sulfide) groups is 1. The van der Waals surface area contributed by atoms with Crippen LogP contribution in [-0.2, 0) is 4.79 Å². The molecule has 0 radical (unpaired) electrons. The highest BCUT2D eigenvalue weighted by Gasteiger charge is 2.07. The Labute approximate surface area is 120 Å². The number of benzene rings is 1. The van der Waals surface area contributed by atoms with E-state index in [1.807, 2.05) is 42.1 Å². The number of carbonyl (C=O) groups is 1. The minimum absolute atomic E-state index is 0.0929. The Morgan fingerprint density at radius 2 is 2.05 bits per heavy atom. The van der Waals surface area contributed by atoms with Gasteiger partial charge in [0.05, 0.1) is 0 Å². The molecule has 1 atom stereocenters. The molecule has 0 bridgehead atoms. The van der Waals surface area contributed by atoms with E-state index in [9.17, 15) is 4.79 Å². The van der Waals surface area contributed by atoms with E-state index in [2.05, 4.69) is 12.2 Å². The number of hydrogen-bond donors (Lipinski definition) is 2. The van der Waals surface area contributed by atoms with Crippen LogP contribution in [-0.4, -0.2) is 24.0 Å². The standard InChI is InChI=1S/C15H24N2OS/c1-2-3-10-19-11-9-15(18)17-12-14(16)13-7-5-4-6-8-13/h4-8,14H,2-3,9-12,16H2,1H3,(H,17,18). The van der Waals surface area contributed by atoms with Gasteiger partial charge in [0.1, 0.15) is 0 Å². The first-order valence-corrected chi connectivity index (χ1v) is 8.04. The van der Waals surface area contributed by atoms with Gasteiger partial charge in [-0.05, 0) is 17.7 Å². The average Bonchev–Trinajstić information content (AvgIpc) is 2.45. The van der Waals surface area contributed by atoms with Gasteiger partial charge in [0, 0.05) is 24.8 Å². The second-order valence-electron chi connectivity index (χ2n) is 4.54. The Morgan fingerprint density at radius 3 is 2.74 bits per heavy atom. The van der Waals surface area contributed by atoms with Crippen LogP contribution in [0.1, 0.15) is 37.8 Å². The first-order chi connectivity index (χ1) is 9.24. The Bertz CT molecular complexity index is 356. The van der Waals surface area contributed by atoms with E-state index in [4.69, 9.17) is 5.73 Å². The molecule has 1 aromatic carbocycles. The molecule has 0 aliphatic rings. The lowest BCUT2D eigenvalue weighted by atomic mass is 10.1. The number of hydrogen-bond acceptors (Lipinski definition) is 3. The van der Waals surface area contributed by atoms with Gasteiger partial charge in [-0.3, -0.25) is 4.79 Å². The van der Waals surface area contributed by atoms with E-state index in [1.54, 1.807) is 0 Å². The van der Waals surface area contributed by atoms with Crippen molar-refractivity contribution < 1.29 is 4.79 Å². The van der Waals surface area contributed by atoms with Crippen LogP contribution in [0.4, 0.5) is 0 Å². The molecule has 0 heterocycles. The van der Waals surface area contributed by atoms with Gasteiger partial charge >= 0.3 is 0 Å². The van der Waals surface area contributed by atoms with Crippen molar-refractivity contribution in [1.29, 1.82) is 0 Å². The van der Waals surface area contributed by atoms with E-state index in [0.717, 1.165) is 17.1 Å². The molecule has 106 valence electrons. The summed E-state index contributed by atoms with van der Waals surface area (Å²) in [6.07, 6.45) is 3.02. The molecule has 0 fully saturated rings. The maximum Gasteiger partial charge on any atom is 0.220 e. The Balaban J connectivity index is 2.13. The second kappa shape index (κ2) is 9.87. The highest BCUT2D eigenvalue weighted by molar-refractivity contribution is 7.99. The van der Waals surface area contributed by atoms with E-state index >= 15 is 0 Å². The molecule has 0 aliphatic heterocycles. The van der Waals surface area contributed by atoms with Crippen molar-refractivity contribution in [2.75, 3.05) is 18.1 Å². The van der Waals surface area contributed by atoms with Gasteiger partial charge in [-0.2, -0.15) is 11.8 Å². The van der Waals surface area contributed by atoms with Gasteiger partial charge in [0.15, 0.2) is 0 Å². The zero-order valence-corrected chi connectivity index (χ0v) is 12.4. The Kier molecular flexibility index (Phi) is 8.34. The number of carbonyl (C=O) groups excluding carboxylic acids is 1. The molecule has 0 saturated carbocycles. The minimum Gasteiger partial charge on any atom is -0.354 e. The summed E-state index contributed by atoms with van der Waals surface area (Å²) >= 11 is 1.84. The quantitative estimate of drug-likeness (QED) is 0.684. The van der Waals surface area contributed by atoms with Crippen LogP contribution < -0.4 is 11.1 Å². The molecular weight excluding hydrogens is 256 g/mol. The van der Waals surface area contributed by atoms with Crippen molar-refractivity contribution in [1.82, 2.24) is 5.32 Å². The molecule has 0 aromatic heterocycles. The van der Waals surface area contributed by atoms with Crippen molar-refractivity contribution in [3.8, 4) is 0 Å². The molecule has 1 rings (SSSR count). The van der Waals surface area contributed by atoms with Crippen molar-refractivity contribution in [3.63, 3.8) is 0 Å². The average molecular weight is 280 g/mol. The number of nitrogens with two attached hydrogens (primary N) is 1. The molecule has 19 heavy (non-hydrogen) atoms. The monoisotopic (exact) mass is 280 g/mol. The molecule has 1 unspecified atom stereocenters. The van der Waals surface area contributed by atoms with Crippen LogP contribution in [0.25, 0.3) is 0 Å². The molecule has 0 spiro atoms. The fraction of sp³-hybridized carbons (Fsp3) is 0.533. The number of unbranched alkanes of at least 4 members (excludes halogenated alkanes) is 1. The summed E-state index contributed by atoms with van der Waals surface area (Å²) in [5.74, 6) is 2.13. The third kappa shape index (κ3) is 7.23. The topological polar surface area (TPSA) is 55.1 Å². The number of amides is 1. The highest BCUT2D eigenvalue weighted by Crippen LogP contribution is 2.09. The molecule has 1 amide bonds. The van der Waals surface area contributed by atoms with Gasteiger partial charge in [0.25, 0.3) is 0 Å². The second-order valence-corrected chi connectivity index (χ2v) is 5.76. The van der Waals surface area contributed by atoms with Crippen molar-refractivity contribution >= 4 is 17.7 Å². The summed E-state index contributed by atoms with van der Waals surface area (Å²) in [5.41, 5.74) is 7.07. The molecule has 3 N–H and O–H groups in total. The predicted molar refractivity (Wildman–Crippen MR) is 83.2 cm³/mol. The van der Waals surface area contributed by atoms with Crippen LogP contribution in [0.3, 0.4) is 0 Å². The Morgan fingerprint density at radius 1 is 1.32 bits per heavy atom. The molecule has 1 aromatic rings. The molecule has 3 nitrogen and oxygen atoms in total. The first-order valence-electron chi connectivity index (χ1n) is 6.89. The lowest BCUT2D eigenvalue weighted by Gasteiger charge is -2.13. The van der Waals surface area contributed by atoms with E-state index in [0.29, 0.717) is 13.0 Å². The van der Waals surface area contributed by atoms with Crippen LogP contribution in [0, 0.1) is 0 Å². The van der Waals surface area contributed by atoms with Gasteiger partial charge in [-0.1, -0.05) is 43.7 Å². The first kappa shape index (κ1) is 16.1. The van der Waals surface area contributed by atoms with Crippen molar-refractivity contribution in [2.24, 2.45) is 5.73 Å². The molecule has 4 heteroatoms. The van der Waals surface area contributed by atoms with Crippen LogP contribution >= 0.6 is 11.8 Å². The maximum absolute atomic E-state index is 11.6. The Hall–Kier alpha value is -1.00. The van der Waals surface area contributed by atoms with E-state index in [1.165, 1.54) is 12.8 Å². The van der Waals surface area contributed by atoms with Crippen LogP contribution in [0.2, 0.25) is 0 Å². The summed E-state index contributed by atoms with van der Waals surface area (Å²) in [7, 11) is 0. The zero-order chi connectivity index (χ0) is 13.9. The summed E-state index contributed by atoms with van der Waals surface area (Å²) < 4.78 is 0. The van der Waals surface area contributed by atoms with E-state index in [-0.39, 0.29) is 11.9 Å². The normalized spacial score (nSPS) is 12.1. The number of nitrogens with one attached hydrogen (secondary N) is 1. The third-order valence-corrected chi connectivity index (χ3v) is 3.93.